The van der Waals surface area contributed by atoms with Gasteiger partial charge in [0.05, 0.1) is 24.3 Å². The lowest BCUT2D eigenvalue weighted by Gasteiger charge is -2.20. The molecule has 0 unspecified atom stereocenters. The first kappa shape index (κ1) is 33.1. The zero-order chi connectivity index (χ0) is 32.1. The van der Waals surface area contributed by atoms with Crippen molar-refractivity contribution in [2.24, 2.45) is 0 Å². The van der Waals surface area contributed by atoms with E-state index in [-0.39, 0.29) is 41.5 Å². The number of nitrogens with zero attached hydrogens (tertiary/aromatic N) is 3. The van der Waals surface area contributed by atoms with Crippen molar-refractivity contribution in [1.29, 1.82) is 0 Å². The second-order valence-corrected chi connectivity index (χ2v) is 14.0. The molecule has 3 aromatic carbocycles. The van der Waals surface area contributed by atoms with Gasteiger partial charge < -0.3 is 13.8 Å². The molecule has 14 heteroatoms. The molecule has 0 spiro atoms. The van der Waals surface area contributed by atoms with Crippen molar-refractivity contribution in [2.45, 2.75) is 29.6 Å². The lowest BCUT2D eigenvalue weighted by Crippen LogP contribution is -2.31. The largest absolute Gasteiger partial charge is 0.493 e. The van der Waals surface area contributed by atoms with Gasteiger partial charge in [0.2, 0.25) is 10.0 Å². The molecule has 0 bridgehead atoms. The molecule has 0 N–H and O–H groups in total. The highest BCUT2D eigenvalue weighted by Crippen LogP contribution is 2.29. The third-order valence-electron chi connectivity index (χ3n) is 6.65. The van der Waals surface area contributed by atoms with Gasteiger partial charge in [0.1, 0.15) is 21.3 Å². The van der Waals surface area contributed by atoms with Gasteiger partial charge >= 0.3 is 10.1 Å². The van der Waals surface area contributed by atoms with Crippen molar-refractivity contribution in [1.82, 2.24) is 14.3 Å². The molecule has 3 aromatic rings. The summed E-state index contributed by atoms with van der Waals surface area (Å²) in [4.78, 5) is 31.3. The van der Waals surface area contributed by atoms with Crippen LogP contribution in [0.25, 0.3) is 0 Å². The molecular weight excluding hydrogens is 610 g/mol. The molecule has 1 aliphatic heterocycles. The first-order valence-electron chi connectivity index (χ1n) is 13.8. The van der Waals surface area contributed by atoms with Crippen LogP contribution in [-0.2, 0) is 25.0 Å². The van der Waals surface area contributed by atoms with Crippen molar-refractivity contribution in [3.63, 3.8) is 0 Å². The highest BCUT2D eigenvalue weighted by atomic mass is 32.2. The van der Waals surface area contributed by atoms with E-state index in [0.717, 1.165) is 9.37 Å². The number of rotatable bonds is 15. The topological polar surface area (TPSA) is 140 Å². The number of ether oxygens (including phenoxy) is 1. The van der Waals surface area contributed by atoms with Crippen molar-refractivity contribution >= 4 is 32.0 Å². The summed E-state index contributed by atoms with van der Waals surface area (Å²) in [6, 6.07) is 16.3. The molecule has 0 saturated carbocycles. The molecule has 0 fully saturated rings. The Morgan fingerprint density at radius 3 is 1.95 bits per heavy atom. The van der Waals surface area contributed by atoms with Crippen LogP contribution in [0, 0.1) is 6.92 Å². The van der Waals surface area contributed by atoms with Gasteiger partial charge in [-0.1, -0.05) is 24.3 Å². The quantitative estimate of drug-likeness (QED) is 0.137. The molecule has 4 rings (SSSR count). The fourth-order valence-corrected chi connectivity index (χ4v) is 7.37. The predicted molar refractivity (Wildman–Crippen MR) is 161 cm³/mol. The van der Waals surface area contributed by atoms with Gasteiger partial charge in [0, 0.05) is 26.1 Å². The average Bonchev–Trinajstić information content (AvgIpc) is 3.21. The number of carbonyl (C=O) groups is 2. The van der Waals surface area contributed by atoms with Crippen molar-refractivity contribution in [3.8, 4) is 11.5 Å². The SMILES string of the molecule is Cc1cc(OCCCON2C(=O)c3ccccc3C2=O)cc(OS(=O)(=O)c2ccccc2S(=O)(=O)N(C)CCCN(C)C)c1. The number of hydrogen-bond acceptors (Lipinski definition) is 10. The molecule has 0 saturated heterocycles. The van der Waals surface area contributed by atoms with E-state index in [1.165, 1.54) is 43.4 Å². The van der Waals surface area contributed by atoms with Crippen LogP contribution < -0.4 is 8.92 Å². The number of sulfonamides is 1. The molecular formula is C30H35N3O9S2. The van der Waals surface area contributed by atoms with Gasteiger partial charge in [-0.3, -0.25) is 14.4 Å². The first-order valence-corrected chi connectivity index (χ1v) is 16.7. The number of hydroxylamine groups is 2. The molecule has 2 amide bonds. The molecule has 0 radical (unpaired) electrons. The van der Waals surface area contributed by atoms with E-state index >= 15 is 0 Å². The zero-order valence-corrected chi connectivity index (χ0v) is 26.6. The lowest BCUT2D eigenvalue weighted by molar-refractivity contribution is -0.0935. The standard InChI is InChI=1S/C30H35N3O9S2/c1-22-19-23(40-17-10-18-41-33-29(34)25-11-5-6-12-26(25)30(33)35)21-24(20-22)42-44(38,39)28-14-8-7-13-27(28)43(36,37)32(4)16-9-15-31(2)3/h5-8,11-14,19-21H,9-10,15-18H2,1-4H3. The number of benzene rings is 3. The smallest absolute Gasteiger partial charge is 0.340 e. The van der Waals surface area contributed by atoms with Crippen LogP contribution in [0.5, 0.6) is 11.5 Å². The summed E-state index contributed by atoms with van der Waals surface area (Å²) in [5, 5.41) is 0.730. The summed E-state index contributed by atoms with van der Waals surface area (Å²) < 4.78 is 65.6. The van der Waals surface area contributed by atoms with Gasteiger partial charge in [0.15, 0.2) is 0 Å². The van der Waals surface area contributed by atoms with E-state index in [1.54, 1.807) is 37.3 Å². The Balaban J connectivity index is 1.38. The minimum absolute atomic E-state index is 0.0177. The third kappa shape index (κ3) is 7.63. The molecule has 236 valence electrons. The molecule has 0 aliphatic carbocycles. The fourth-order valence-electron chi connectivity index (χ4n) is 4.47. The van der Waals surface area contributed by atoms with Crippen LogP contribution in [0.4, 0.5) is 0 Å². The number of hydrogen-bond donors (Lipinski definition) is 0. The minimum atomic E-state index is -4.56. The lowest BCUT2D eigenvalue weighted by atomic mass is 10.1. The van der Waals surface area contributed by atoms with Crippen LogP contribution in [0.2, 0.25) is 0 Å². The van der Waals surface area contributed by atoms with E-state index in [9.17, 15) is 26.4 Å². The third-order valence-corrected chi connectivity index (χ3v) is 10.0. The Morgan fingerprint density at radius 1 is 0.727 bits per heavy atom. The van der Waals surface area contributed by atoms with Gasteiger partial charge in [-0.25, -0.2) is 12.7 Å². The van der Waals surface area contributed by atoms with Crippen LogP contribution in [0.3, 0.4) is 0 Å². The highest BCUT2D eigenvalue weighted by Gasteiger charge is 2.36. The van der Waals surface area contributed by atoms with Gasteiger partial charge in [-0.05, 0) is 75.9 Å². The molecule has 44 heavy (non-hydrogen) atoms. The summed E-state index contributed by atoms with van der Waals surface area (Å²) in [6.07, 6.45) is 0.873. The normalized spacial score (nSPS) is 13.5. The Bertz CT molecular complexity index is 1710. The first-order chi connectivity index (χ1) is 20.8. The number of amides is 2. The predicted octanol–water partition coefficient (Wildman–Crippen LogP) is 3.33. The van der Waals surface area contributed by atoms with E-state index in [4.69, 9.17) is 13.8 Å². The van der Waals surface area contributed by atoms with E-state index in [2.05, 4.69) is 0 Å². The fraction of sp³-hybridized carbons (Fsp3) is 0.333. The number of carbonyl (C=O) groups excluding carboxylic acids is 2. The maximum Gasteiger partial charge on any atom is 0.340 e. The van der Waals surface area contributed by atoms with Crippen LogP contribution in [-0.4, -0.2) is 90.4 Å². The van der Waals surface area contributed by atoms with Crippen molar-refractivity contribution < 1.29 is 40.2 Å². The number of fused-ring (bicyclic) bond motifs is 1. The Kier molecular flexibility index (Phi) is 10.4. The summed E-state index contributed by atoms with van der Waals surface area (Å²) in [5.41, 5.74) is 1.20. The molecule has 1 aliphatic rings. The van der Waals surface area contributed by atoms with Crippen molar-refractivity contribution in [2.75, 3.05) is 47.4 Å². The Hall–Kier alpha value is -3.82. The van der Waals surface area contributed by atoms with E-state index in [1.807, 2.05) is 19.0 Å². The zero-order valence-electron chi connectivity index (χ0n) is 24.9. The van der Waals surface area contributed by atoms with Crippen LogP contribution in [0.15, 0.2) is 76.5 Å². The number of imide groups is 1. The number of aryl methyl sites for hydroxylation is 1. The van der Waals surface area contributed by atoms with E-state index < -0.39 is 36.9 Å². The second kappa shape index (κ2) is 13.9. The average molecular weight is 646 g/mol. The van der Waals surface area contributed by atoms with Crippen molar-refractivity contribution in [3.05, 3.63) is 83.4 Å². The molecule has 0 aromatic heterocycles. The maximum atomic E-state index is 13.3. The van der Waals surface area contributed by atoms with Crippen LogP contribution in [0.1, 0.15) is 39.1 Å². The molecule has 12 nitrogen and oxygen atoms in total. The Labute approximate surface area is 257 Å². The van der Waals surface area contributed by atoms with Gasteiger partial charge in [0.25, 0.3) is 11.8 Å². The van der Waals surface area contributed by atoms with Gasteiger partial charge in [-0.2, -0.15) is 8.42 Å². The summed E-state index contributed by atoms with van der Waals surface area (Å²) >= 11 is 0. The summed E-state index contributed by atoms with van der Waals surface area (Å²) in [5.74, 6) is -0.816. The Morgan fingerprint density at radius 2 is 1.32 bits per heavy atom. The minimum Gasteiger partial charge on any atom is -0.493 e. The highest BCUT2D eigenvalue weighted by molar-refractivity contribution is 7.91. The maximum absolute atomic E-state index is 13.3. The molecule has 1 heterocycles. The van der Waals surface area contributed by atoms with E-state index in [0.29, 0.717) is 30.7 Å². The van der Waals surface area contributed by atoms with Crippen LogP contribution >= 0.6 is 0 Å². The monoisotopic (exact) mass is 645 g/mol. The summed E-state index contributed by atoms with van der Waals surface area (Å²) in [6.45, 7) is 2.74. The molecule has 0 atom stereocenters. The second-order valence-electron chi connectivity index (χ2n) is 10.4. The van der Waals surface area contributed by atoms with Gasteiger partial charge in [-0.15, -0.1) is 5.06 Å². The summed E-state index contributed by atoms with van der Waals surface area (Å²) in [7, 11) is -3.52.